The Morgan fingerprint density at radius 2 is 1.68 bits per heavy atom. The lowest BCUT2D eigenvalue weighted by Crippen LogP contribution is -2.31. The van der Waals surface area contributed by atoms with Crippen molar-refractivity contribution in [3.8, 4) is 11.3 Å². The smallest absolute Gasteiger partial charge is 0.276 e. The van der Waals surface area contributed by atoms with Crippen molar-refractivity contribution in [1.29, 1.82) is 0 Å². The standard InChI is InChI=1S/C26H21N5O3/c32-25-20-6-2-1-5-19(20)23(28-29-25)17-9-11-18(12-10-17)27-26(33)24-21-7-3-4-8-22(21)31(30-24)13-16-14-34-15-16/h1-12,16H,13-15H2,(H,27,33)(H,29,32). The Balaban J connectivity index is 1.27. The molecule has 0 bridgehead atoms. The van der Waals surface area contributed by atoms with E-state index < -0.39 is 0 Å². The molecular weight excluding hydrogens is 430 g/mol. The van der Waals surface area contributed by atoms with Gasteiger partial charge < -0.3 is 10.1 Å². The molecule has 168 valence electrons. The van der Waals surface area contributed by atoms with E-state index in [-0.39, 0.29) is 11.5 Å². The second-order valence-electron chi connectivity index (χ2n) is 8.43. The molecule has 5 aromatic rings. The lowest BCUT2D eigenvalue weighted by atomic mass is 10.0. The third kappa shape index (κ3) is 3.54. The monoisotopic (exact) mass is 451 g/mol. The first kappa shape index (κ1) is 20.3. The fourth-order valence-electron chi connectivity index (χ4n) is 4.31. The van der Waals surface area contributed by atoms with Crippen LogP contribution < -0.4 is 10.9 Å². The number of hydrogen-bond acceptors (Lipinski definition) is 5. The number of para-hydroxylation sites is 1. The lowest BCUT2D eigenvalue weighted by Gasteiger charge is -2.25. The fourth-order valence-corrected chi connectivity index (χ4v) is 4.31. The molecule has 0 aliphatic carbocycles. The molecule has 0 atom stereocenters. The van der Waals surface area contributed by atoms with Gasteiger partial charge in [-0.1, -0.05) is 48.5 Å². The Morgan fingerprint density at radius 3 is 2.41 bits per heavy atom. The number of aromatic nitrogens is 4. The van der Waals surface area contributed by atoms with Gasteiger partial charge in [-0.15, -0.1) is 0 Å². The number of nitrogens with one attached hydrogen (secondary N) is 2. The van der Waals surface area contributed by atoms with Crippen molar-refractivity contribution in [1.82, 2.24) is 20.0 Å². The molecule has 34 heavy (non-hydrogen) atoms. The summed E-state index contributed by atoms with van der Waals surface area (Å²) in [6.45, 7) is 2.17. The number of fused-ring (bicyclic) bond motifs is 2. The van der Waals surface area contributed by atoms with Crippen molar-refractivity contribution < 1.29 is 9.53 Å². The zero-order chi connectivity index (χ0) is 23.1. The van der Waals surface area contributed by atoms with Gasteiger partial charge in [-0.2, -0.15) is 10.2 Å². The number of anilines is 1. The fraction of sp³-hybridized carbons (Fsp3) is 0.154. The highest BCUT2D eigenvalue weighted by Crippen LogP contribution is 2.26. The number of nitrogens with zero attached hydrogens (tertiary/aromatic N) is 3. The topological polar surface area (TPSA) is 102 Å². The molecule has 3 heterocycles. The maximum atomic E-state index is 13.1. The van der Waals surface area contributed by atoms with E-state index in [0.29, 0.717) is 28.4 Å². The lowest BCUT2D eigenvalue weighted by molar-refractivity contribution is -0.0403. The van der Waals surface area contributed by atoms with Crippen molar-refractivity contribution in [2.45, 2.75) is 6.54 Å². The molecule has 1 fully saturated rings. The molecule has 0 radical (unpaired) electrons. The summed E-state index contributed by atoms with van der Waals surface area (Å²) in [5.41, 5.74) is 3.27. The van der Waals surface area contributed by atoms with Gasteiger partial charge >= 0.3 is 0 Å². The minimum Gasteiger partial charge on any atom is -0.381 e. The molecule has 3 aromatic carbocycles. The van der Waals surface area contributed by atoms with Crippen LogP contribution in [0.2, 0.25) is 0 Å². The Hall–Kier alpha value is -4.30. The van der Waals surface area contributed by atoms with Crippen LogP contribution in [0.1, 0.15) is 10.5 Å². The van der Waals surface area contributed by atoms with Crippen molar-refractivity contribution in [2.75, 3.05) is 18.5 Å². The van der Waals surface area contributed by atoms with Gasteiger partial charge in [0.15, 0.2) is 5.69 Å². The first-order valence-corrected chi connectivity index (χ1v) is 11.1. The maximum Gasteiger partial charge on any atom is 0.276 e. The molecule has 0 saturated carbocycles. The van der Waals surface area contributed by atoms with E-state index in [9.17, 15) is 9.59 Å². The summed E-state index contributed by atoms with van der Waals surface area (Å²) in [5.74, 6) is 0.157. The van der Waals surface area contributed by atoms with Crippen LogP contribution >= 0.6 is 0 Å². The van der Waals surface area contributed by atoms with E-state index in [1.807, 2.05) is 71.4 Å². The van der Waals surface area contributed by atoms with E-state index in [4.69, 9.17) is 4.74 Å². The van der Waals surface area contributed by atoms with Crippen LogP contribution in [-0.2, 0) is 11.3 Å². The Morgan fingerprint density at radius 1 is 0.971 bits per heavy atom. The molecular formula is C26H21N5O3. The maximum absolute atomic E-state index is 13.1. The first-order chi connectivity index (χ1) is 16.7. The molecule has 1 aliphatic heterocycles. The first-order valence-electron chi connectivity index (χ1n) is 11.1. The number of benzene rings is 3. The molecule has 6 rings (SSSR count). The Labute approximate surface area is 194 Å². The molecule has 8 heteroatoms. The van der Waals surface area contributed by atoms with E-state index in [0.717, 1.165) is 41.6 Å². The summed E-state index contributed by atoms with van der Waals surface area (Å²) in [6, 6.07) is 22.5. The predicted molar refractivity (Wildman–Crippen MR) is 130 cm³/mol. The summed E-state index contributed by atoms with van der Waals surface area (Å²) in [5, 5.41) is 16.5. The van der Waals surface area contributed by atoms with Crippen LogP contribution in [0.25, 0.3) is 32.9 Å². The van der Waals surface area contributed by atoms with Crippen molar-refractivity contribution in [3.05, 3.63) is 88.8 Å². The number of H-pyrrole nitrogens is 1. The third-order valence-electron chi connectivity index (χ3n) is 6.12. The second kappa shape index (κ2) is 8.24. The Kier molecular flexibility index (Phi) is 4.92. The molecule has 2 aromatic heterocycles. The molecule has 2 N–H and O–H groups in total. The second-order valence-corrected chi connectivity index (χ2v) is 8.43. The predicted octanol–water partition coefficient (Wildman–Crippen LogP) is 3.84. The van der Waals surface area contributed by atoms with E-state index in [2.05, 4.69) is 20.6 Å². The number of aromatic amines is 1. The van der Waals surface area contributed by atoms with Crippen LogP contribution in [-0.4, -0.2) is 39.1 Å². The number of hydrogen-bond donors (Lipinski definition) is 2. The number of ether oxygens (including phenoxy) is 1. The normalized spacial score (nSPS) is 13.8. The van der Waals surface area contributed by atoms with E-state index in [1.165, 1.54) is 0 Å². The van der Waals surface area contributed by atoms with Crippen LogP contribution in [0.5, 0.6) is 0 Å². The third-order valence-corrected chi connectivity index (χ3v) is 6.12. The highest BCUT2D eigenvalue weighted by molar-refractivity contribution is 6.11. The van der Waals surface area contributed by atoms with E-state index in [1.54, 1.807) is 6.07 Å². The molecule has 8 nitrogen and oxygen atoms in total. The number of carbonyl (C=O) groups excluding carboxylic acids is 1. The SMILES string of the molecule is O=C(Nc1ccc(-c2n[nH]c(=O)c3ccccc23)cc1)c1nn(CC2COC2)c2ccccc12. The van der Waals surface area contributed by atoms with Gasteiger partial charge in [0.05, 0.1) is 29.8 Å². The summed E-state index contributed by atoms with van der Waals surface area (Å²) < 4.78 is 7.18. The molecule has 1 saturated heterocycles. The number of rotatable bonds is 5. The van der Waals surface area contributed by atoms with Gasteiger partial charge in [-0.05, 0) is 24.3 Å². The van der Waals surface area contributed by atoms with Gasteiger partial charge in [-0.25, -0.2) is 5.10 Å². The minimum atomic E-state index is -0.264. The van der Waals surface area contributed by atoms with Crippen LogP contribution in [0.15, 0.2) is 77.6 Å². The zero-order valence-electron chi connectivity index (χ0n) is 18.2. The van der Waals surface area contributed by atoms with Crippen LogP contribution in [0, 0.1) is 5.92 Å². The summed E-state index contributed by atoms with van der Waals surface area (Å²) in [6.07, 6.45) is 0. The van der Waals surface area contributed by atoms with Crippen molar-refractivity contribution >= 4 is 33.3 Å². The molecule has 1 amide bonds. The van der Waals surface area contributed by atoms with Crippen LogP contribution in [0.4, 0.5) is 5.69 Å². The van der Waals surface area contributed by atoms with E-state index >= 15 is 0 Å². The summed E-state index contributed by atoms with van der Waals surface area (Å²) >= 11 is 0. The summed E-state index contributed by atoms with van der Waals surface area (Å²) in [4.78, 5) is 25.2. The zero-order valence-corrected chi connectivity index (χ0v) is 18.2. The number of amides is 1. The van der Waals surface area contributed by atoms with Gasteiger partial charge in [-0.3, -0.25) is 14.3 Å². The summed E-state index contributed by atoms with van der Waals surface area (Å²) in [7, 11) is 0. The average Bonchev–Trinajstić information content (AvgIpc) is 3.21. The highest BCUT2D eigenvalue weighted by Gasteiger charge is 2.23. The molecule has 1 aliphatic rings. The van der Waals surface area contributed by atoms with Gasteiger partial charge in [0.25, 0.3) is 11.5 Å². The average molecular weight is 451 g/mol. The minimum absolute atomic E-state index is 0.222. The molecule has 0 spiro atoms. The number of carbonyl (C=O) groups is 1. The highest BCUT2D eigenvalue weighted by atomic mass is 16.5. The quantitative estimate of drug-likeness (QED) is 0.423. The van der Waals surface area contributed by atoms with Crippen molar-refractivity contribution in [2.24, 2.45) is 5.92 Å². The molecule has 0 unspecified atom stereocenters. The van der Waals surface area contributed by atoms with Gasteiger partial charge in [0, 0.05) is 34.5 Å². The van der Waals surface area contributed by atoms with Gasteiger partial charge in [0.2, 0.25) is 0 Å². The Bertz CT molecular complexity index is 1580. The van der Waals surface area contributed by atoms with Crippen LogP contribution in [0.3, 0.4) is 0 Å². The largest absolute Gasteiger partial charge is 0.381 e. The van der Waals surface area contributed by atoms with Gasteiger partial charge in [0.1, 0.15) is 0 Å². The van der Waals surface area contributed by atoms with Crippen molar-refractivity contribution in [3.63, 3.8) is 0 Å².